The van der Waals surface area contributed by atoms with Gasteiger partial charge in [0, 0.05) is 6.42 Å². The summed E-state index contributed by atoms with van der Waals surface area (Å²) in [5, 5.41) is 3.53. The van der Waals surface area contributed by atoms with Crippen LogP contribution in [0, 0.1) is 5.92 Å². The van der Waals surface area contributed by atoms with Gasteiger partial charge in [-0.05, 0) is 18.8 Å². The van der Waals surface area contributed by atoms with Gasteiger partial charge in [-0.1, -0.05) is 18.0 Å². The van der Waals surface area contributed by atoms with Crippen LogP contribution in [0.4, 0.5) is 13.2 Å². The van der Waals surface area contributed by atoms with E-state index in [0.717, 1.165) is 25.7 Å². The Morgan fingerprint density at radius 2 is 2.10 bits per heavy atom. The van der Waals surface area contributed by atoms with Crippen molar-refractivity contribution in [3.8, 4) is 0 Å². The van der Waals surface area contributed by atoms with E-state index in [2.05, 4.69) is 10.1 Å². The highest BCUT2D eigenvalue weighted by Crippen LogP contribution is 2.37. The zero-order chi connectivity index (χ0) is 15.5. The van der Waals surface area contributed by atoms with Gasteiger partial charge in [0.25, 0.3) is 0 Å². The lowest BCUT2D eigenvalue weighted by molar-refractivity contribution is -0.144. The summed E-state index contributed by atoms with van der Waals surface area (Å²) in [6, 6.07) is 0. The molecule has 1 aromatic rings. The fraction of sp³-hybridized carbons (Fsp3) is 0.769. The Labute approximate surface area is 119 Å². The third-order valence-electron chi connectivity index (χ3n) is 3.71. The van der Waals surface area contributed by atoms with Crippen molar-refractivity contribution in [2.45, 2.75) is 50.6 Å². The third kappa shape index (κ3) is 4.18. The van der Waals surface area contributed by atoms with Gasteiger partial charge in [-0.25, -0.2) is 0 Å². The Balaban J connectivity index is 2.10. The van der Waals surface area contributed by atoms with Crippen LogP contribution in [0.25, 0.3) is 0 Å². The van der Waals surface area contributed by atoms with Gasteiger partial charge < -0.3 is 9.26 Å². The maximum absolute atomic E-state index is 12.2. The fourth-order valence-electron chi connectivity index (χ4n) is 2.66. The van der Waals surface area contributed by atoms with Crippen LogP contribution in [0.1, 0.15) is 49.7 Å². The third-order valence-corrected chi connectivity index (χ3v) is 3.71. The molecule has 1 fully saturated rings. The van der Waals surface area contributed by atoms with Crippen LogP contribution >= 0.6 is 0 Å². The molecular formula is C13H17F3N2O3. The molecule has 2 rings (SSSR count). The highest BCUT2D eigenvalue weighted by Gasteiger charge is 2.37. The molecule has 5 nitrogen and oxygen atoms in total. The van der Waals surface area contributed by atoms with Gasteiger partial charge in [0.05, 0.1) is 13.5 Å². The van der Waals surface area contributed by atoms with Crippen molar-refractivity contribution >= 4 is 5.97 Å². The lowest BCUT2D eigenvalue weighted by Crippen LogP contribution is -2.22. The van der Waals surface area contributed by atoms with E-state index in [1.54, 1.807) is 0 Å². The molecule has 0 radical (unpaired) electrons. The second-order valence-corrected chi connectivity index (χ2v) is 5.21. The summed E-state index contributed by atoms with van der Waals surface area (Å²) < 4.78 is 46.3. The molecule has 0 bridgehead atoms. The van der Waals surface area contributed by atoms with E-state index < -0.39 is 24.5 Å². The van der Waals surface area contributed by atoms with E-state index >= 15 is 0 Å². The fourth-order valence-corrected chi connectivity index (χ4v) is 2.66. The number of hydrogen-bond acceptors (Lipinski definition) is 5. The van der Waals surface area contributed by atoms with E-state index in [4.69, 9.17) is 9.26 Å². The smallest absolute Gasteiger partial charge is 0.389 e. The highest BCUT2D eigenvalue weighted by atomic mass is 19.4. The average molecular weight is 306 g/mol. The normalized spacial score (nSPS) is 17.9. The summed E-state index contributed by atoms with van der Waals surface area (Å²) in [6.07, 6.45) is -1.93. The summed E-state index contributed by atoms with van der Waals surface area (Å²) in [7, 11) is 1.27. The number of rotatable bonds is 5. The molecule has 0 N–H and O–H groups in total. The summed E-state index contributed by atoms with van der Waals surface area (Å²) in [5.41, 5.74) is 0. The zero-order valence-corrected chi connectivity index (χ0v) is 11.7. The number of halogens is 3. The van der Waals surface area contributed by atoms with Gasteiger partial charge in [-0.2, -0.15) is 18.2 Å². The van der Waals surface area contributed by atoms with E-state index in [1.165, 1.54) is 7.11 Å². The molecule has 0 aliphatic heterocycles. The van der Waals surface area contributed by atoms with E-state index in [-0.39, 0.29) is 24.1 Å². The molecule has 1 aromatic heterocycles. The van der Waals surface area contributed by atoms with Gasteiger partial charge in [0.2, 0.25) is 5.89 Å². The van der Waals surface area contributed by atoms with Gasteiger partial charge in [-0.15, -0.1) is 0 Å². The van der Waals surface area contributed by atoms with Crippen LogP contribution in [0.3, 0.4) is 0 Å². The number of carbonyl (C=O) groups excluding carboxylic acids is 1. The van der Waals surface area contributed by atoms with Crippen LogP contribution in [-0.4, -0.2) is 29.4 Å². The number of methoxy groups -OCH3 is 1. The van der Waals surface area contributed by atoms with Crippen molar-refractivity contribution in [2.24, 2.45) is 5.92 Å². The number of hydrogen-bond donors (Lipinski definition) is 0. The molecule has 1 saturated carbocycles. The Morgan fingerprint density at radius 1 is 1.43 bits per heavy atom. The molecule has 0 amide bonds. The van der Waals surface area contributed by atoms with Gasteiger partial charge >= 0.3 is 12.1 Å². The SMILES string of the molecule is COC(=O)C(c1nc(CCC(F)(F)F)no1)C1CCCC1. The molecule has 0 aromatic carbocycles. The van der Waals surface area contributed by atoms with E-state index in [1.807, 2.05) is 0 Å². The molecule has 1 unspecified atom stereocenters. The molecule has 1 atom stereocenters. The second-order valence-electron chi connectivity index (χ2n) is 5.21. The maximum atomic E-state index is 12.2. The summed E-state index contributed by atoms with van der Waals surface area (Å²) in [5.74, 6) is -1.08. The average Bonchev–Trinajstić information content (AvgIpc) is 3.07. The van der Waals surface area contributed by atoms with E-state index in [0.29, 0.717) is 0 Å². The van der Waals surface area contributed by atoms with Crippen LogP contribution in [0.15, 0.2) is 4.52 Å². The Hall–Kier alpha value is -1.60. The largest absolute Gasteiger partial charge is 0.468 e. The monoisotopic (exact) mass is 306 g/mol. The Bertz CT molecular complexity index is 481. The predicted octanol–water partition coefficient (Wildman–Crippen LogP) is 3.01. The van der Waals surface area contributed by atoms with Crippen molar-refractivity contribution in [3.63, 3.8) is 0 Å². The van der Waals surface area contributed by atoms with Crippen LogP contribution in [0.5, 0.6) is 0 Å². The first-order chi connectivity index (χ1) is 9.90. The second kappa shape index (κ2) is 6.44. The van der Waals surface area contributed by atoms with Gasteiger partial charge in [0.15, 0.2) is 5.82 Å². The molecule has 0 saturated heterocycles. The molecule has 1 aliphatic rings. The Morgan fingerprint density at radius 3 is 2.67 bits per heavy atom. The minimum atomic E-state index is -4.27. The van der Waals surface area contributed by atoms with Crippen molar-refractivity contribution in [1.82, 2.24) is 10.1 Å². The molecule has 118 valence electrons. The van der Waals surface area contributed by atoms with Gasteiger partial charge in [0.1, 0.15) is 5.92 Å². The molecule has 1 heterocycles. The predicted molar refractivity (Wildman–Crippen MR) is 65.4 cm³/mol. The minimum Gasteiger partial charge on any atom is -0.468 e. The minimum absolute atomic E-state index is 0.0331. The number of aryl methyl sites for hydroxylation is 1. The number of aromatic nitrogens is 2. The quantitative estimate of drug-likeness (QED) is 0.782. The van der Waals surface area contributed by atoms with Crippen molar-refractivity contribution in [2.75, 3.05) is 7.11 Å². The number of esters is 1. The van der Waals surface area contributed by atoms with E-state index in [9.17, 15) is 18.0 Å². The molecule has 21 heavy (non-hydrogen) atoms. The highest BCUT2D eigenvalue weighted by molar-refractivity contribution is 5.77. The number of alkyl halides is 3. The number of ether oxygens (including phenoxy) is 1. The van der Waals surface area contributed by atoms with Crippen LogP contribution in [0.2, 0.25) is 0 Å². The molecular weight excluding hydrogens is 289 g/mol. The molecule has 1 aliphatic carbocycles. The van der Waals surface area contributed by atoms with Crippen molar-refractivity contribution in [3.05, 3.63) is 11.7 Å². The number of nitrogens with zero attached hydrogens (tertiary/aromatic N) is 2. The first kappa shape index (κ1) is 15.8. The van der Waals surface area contributed by atoms with Gasteiger partial charge in [-0.3, -0.25) is 4.79 Å². The first-order valence-corrected chi connectivity index (χ1v) is 6.88. The first-order valence-electron chi connectivity index (χ1n) is 6.88. The van der Waals surface area contributed by atoms with Crippen molar-refractivity contribution < 1.29 is 27.2 Å². The van der Waals surface area contributed by atoms with Crippen LogP contribution in [-0.2, 0) is 16.0 Å². The number of carbonyl (C=O) groups is 1. The topological polar surface area (TPSA) is 65.2 Å². The lowest BCUT2D eigenvalue weighted by Gasteiger charge is -2.16. The standard InChI is InChI=1S/C13H17F3N2O3/c1-20-12(19)10(8-4-2-3-5-8)11-17-9(18-21-11)6-7-13(14,15)16/h8,10H,2-7H2,1H3. The Kier molecular flexibility index (Phi) is 4.84. The summed E-state index contributed by atoms with van der Waals surface area (Å²) in [6.45, 7) is 0. The molecule has 8 heteroatoms. The van der Waals surface area contributed by atoms with Crippen LogP contribution < -0.4 is 0 Å². The molecule has 0 spiro atoms. The zero-order valence-electron chi connectivity index (χ0n) is 11.7. The summed E-state index contributed by atoms with van der Waals surface area (Å²) in [4.78, 5) is 15.8. The lowest BCUT2D eigenvalue weighted by atomic mass is 9.91. The summed E-state index contributed by atoms with van der Waals surface area (Å²) >= 11 is 0. The maximum Gasteiger partial charge on any atom is 0.389 e. The van der Waals surface area contributed by atoms with Crippen molar-refractivity contribution in [1.29, 1.82) is 0 Å².